The lowest BCUT2D eigenvalue weighted by Crippen LogP contribution is -2.46. The molecular formula is C17H24N2O2. The lowest BCUT2D eigenvalue weighted by molar-refractivity contribution is 0.0642. The first-order chi connectivity index (χ1) is 10.1. The van der Waals surface area contributed by atoms with Crippen molar-refractivity contribution in [3.63, 3.8) is 0 Å². The van der Waals surface area contributed by atoms with Crippen LogP contribution in [0.2, 0.25) is 0 Å². The van der Waals surface area contributed by atoms with E-state index < -0.39 is 0 Å². The molecule has 1 heterocycles. The lowest BCUT2D eigenvalue weighted by Gasteiger charge is -2.34. The summed E-state index contributed by atoms with van der Waals surface area (Å²) in [7, 11) is 0. The Labute approximate surface area is 126 Å². The molecule has 0 radical (unpaired) electrons. The molecule has 0 atom stereocenters. The van der Waals surface area contributed by atoms with Gasteiger partial charge in [0.2, 0.25) is 0 Å². The zero-order valence-electron chi connectivity index (χ0n) is 12.9. The molecule has 114 valence electrons. The quantitative estimate of drug-likeness (QED) is 0.847. The van der Waals surface area contributed by atoms with Crippen molar-refractivity contribution in [2.45, 2.75) is 39.2 Å². The first-order valence-corrected chi connectivity index (χ1v) is 7.76. The van der Waals surface area contributed by atoms with Crippen LogP contribution in [0.15, 0.2) is 24.3 Å². The van der Waals surface area contributed by atoms with Crippen molar-refractivity contribution in [1.82, 2.24) is 10.2 Å². The Hall–Kier alpha value is -1.68. The number of hydrogen-bond donors (Lipinski definition) is 1. The van der Waals surface area contributed by atoms with E-state index in [2.05, 4.69) is 12.2 Å². The van der Waals surface area contributed by atoms with Gasteiger partial charge in [-0.2, -0.15) is 0 Å². The lowest BCUT2D eigenvalue weighted by atomic mass is 10.0. The van der Waals surface area contributed by atoms with Crippen LogP contribution in [0.4, 0.5) is 0 Å². The van der Waals surface area contributed by atoms with Gasteiger partial charge in [0, 0.05) is 23.7 Å². The van der Waals surface area contributed by atoms with Crippen LogP contribution in [0.5, 0.6) is 0 Å². The minimum absolute atomic E-state index is 0.0257. The molecule has 1 aliphatic heterocycles. The molecule has 4 nitrogen and oxygen atoms in total. The molecular weight excluding hydrogens is 264 g/mol. The molecule has 1 aliphatic rings. The number of carbonyl (C=O) groups is 2. The van der Waals surface area contributed by atoms with Gasteiger partial charge in [0.25, 0.3) is 5.91 Å². The molecule has 0 saturated carbocycles. The van der Waals surface area contributed by atoms with Crippen LogP contribution < -0.4 is 5.32 Å². The van der Waals surface area contributed by atoms with Crippen LogP contribution in [0, 0.1) is 0 Å². The summed E-state index contributed by atoms with van der Waals surface area (Å²) in [4.78, 5) is 26.0. The van der Waals surface area contributed by atoms with Crippen LogP contribution in [0.25, 0.3) is 0 Å². The third kappa shape index (κ3) is 3.91. The predicted octanol–water partition coefficient (Wildman–Crippen LogP) is 2.49. The smallest absolute Gasteiger partial charge is 0.254 e. The number of carbonyl (C=O) groups excluding carboxylic acids is 2. The summed E-state index contributed by atoms with van der Waals surface area (Å²) in [5.41, 5.74) is 1.32. The molecule has 1 amide bonds. The fourth-order valence-corrected chi connectivity index (χ4v) is 2.82. The van der Waals surface area contributed by atoms with Gasteiger partial charge in [-0.25, -0.2) is 0 Å². The predicted molar refractivity (Wildman–Crippen MR) is 83.7 cm³/mol. The Balaban J connectivity index is 2.14. The summed E-state index contributed by atoms with van der Waals surface area (Å²) < 4.78 is 0. The van der Waals surface area contributed by atoms with Gasteiger partial charge >= 0.3 is 0 Å². The van der Waals surface area contributed by atoms with E-state index in [-0.39, 0.29) is 11.7 Å². The van der Waals surface area contributed by atoms with Gasteiger partial charge in [-0.15, -0.1) is 0 Å². The topological polar surface area (TPSA) is 49.4 Å². The van der Waals surface area contributed by atoms with Crippen molar-refractivity contribution in [1.29, 1.82) is 0 Å². The first kappa shape index (κ1) is 15.7. The number of nitrogens with zero attached hydrogens (tertiary/aromatic N) is 1. The van der Waals surface area contributed by atoms with Gasteiger partial charge in [-0.1, -0.05) is 19.1 Å². The van der Waals surface area contributed by atoms with Crippen molar-refractivity contribution in [3.05, 3.63) is 35.4 Å². The molecule has 2 rings (SSSR count). The van der Waals surface area contributed by atoms with Crippen molar-refractivity contribution in [2.75, 3.05) is 19.6 Å². The van der Waals surface area contributed by atoms with Gasteiger partial charge < -0.3 is 10.2 Å². The van der Waals surface area contributed by atoms with Crippen molar-refractivity contribution < 1.29 is 9.59 Å². The third-order valence-corrected chi connectivity index (χ3v) is 4.01. The Morgan fingerprint density at radius 1 is 1.14 bits per heavy atom. The van der Waals surface area contributed by atoms with Crippen LogP contribution in [0.3, 0.4) is 0 Å². The Kier molecular flexibility index (Phi) is 5.51. The molecule has 1 aromatic carbocycles. The Morgan fingerprint density at radius 3 is 2.24 bits per heavy atom. The molecule has 4 heteroatoms. The summed E-state index contributed by atoms with van der Waals surface area (Å²) in [6.07, 6.45) is 2.98. The molecule has 0 aliphatic carbocycles. The van der Waals surface area contributed by atoms with Gasteiger partial charge in [0.15, 0.2) is 5.78 Å². The van der Waals surface area contributed by atoms with E-state index in [9.17, 15) is 9.59 Å². The molecule has 1 aromatic rings. The fourth-order valence-electron chi connectivity index (χ4n) is 2.82. The van der Waals surface area contributed by atoms with E-state index in [1.54, 1.807) is 24.3 Å². The number of nitrogens with one attached hydrogen (secondary N) is 1. The Bertz CT molecular complexity index is 490. The Morgan fingerprint density at radius 2 is 1.71 bits per heavy atom. The third-order valence-electron chi connectivity index (χ3n) is 4.01. The highest BCUT2D eigenvalue weighted by Crippen LogP contribution is 2.17. The molecule has 0 bridgehead atoms. The first-order valence-electron chi connectivity index (χ1n) is 7.76. The van der Waals surface area contributed by atoms with E-state index in [0.29, 0.717) is 17.2 Å². The molecule has 0 spiro atoms. The highest BCUT2D eigenvalue weighted by atomic mass is 16.2. The number of benzene rings is 1. The van der Waals surface area contributed by atoms with Crippen LogP contribution in [-0.2, 0) is 0 Å². The monoisotopic (exact) mass is 288 g/mol. The summed E-state index contributed by atoms with van der Waals surface area (Å²) >= 11 is 0. The second kappa shape index (κ2) is 7.36. The standard InChI is InChI=1S/C17H24N2O2/c1-3-12-19(16-8-10-18-11-9-16)17(21)15-6-4-14(5-7-15)13(2)20/h4-7,16,18H,3,8-12H2,1-2H3. The maximum Gasteiger partial charge on any atom is 0.254 e. The number of hydrogen-bond acceptors (Lipinski definition) is 3. The zero-order valence-corrected chi connectivity index (χ0v) is 12.9. The number of Topliss-reactive ketones (excluding diaryl/α,β-unsaturated/α-hetero) is 1. The van der Waals surface area contributed by atoms with E-state index in [1.165, 1.54) is 6.92 Å². The van der Waals surface area contributed by atoms with E-state index >= 15 is 0 Å². The number of piperidine rings is 1. The van der Waals surface area contributed by atoms with E-state index in [4.69, 9.17) is 0 Å². The molecule has 0 unspecified atom stereocenters. The van der Waals surface area contributed by atoms with Gasteiger partial charge in [-0.05, 0) is 51.4 Å². The largest absolute Gasteiger partial charge is 0.336 e. The summed E-state index contributed by atoms with van der Waals surface area (Å²) in [5.74, 6) is 0.108. The SMILES string of the molecule is CCCN(C(=O)c1ccc(C(C)=O)cc1)C1CCNCC1. The summed E-state index contributed by atoms with van der Waals surface area (Å²) in [6.45, 7) is 6.37. The van der Waals surface area contributed by atoms with Crippen molar-refractivity contribution in [2.24, 2.45) is 0 Å². The average Bonchev–Trinajstić information content (AvgIpc) is 2.53. The molecule has 21 heavy (non-hydrogen) atoms. The number of amides is 1. The minimum Gasteiger partial charge on any atom is -0.336 e. The zero-order chi connectivity index (χ0) is 15.2. The molecule has 1 fully saturated rings. The number of rotatable bonds is 5. The van der Waals surface area contributed by atoms with Crippen LogP contribution in [0.1, 0.15) is 53.8 Å². The molecule has 0 aromatic heterocycles. The summed E-state index contributed by atoms with van der Waals surface area (Å²) in [5, 5.41) is 3.33. The van der Waals surface area contributed by atoms with Gasteiger partial charge in [-0.3, -0.25) is 9.59 Å². The van der Waals surface area contributed by atoms with Crippen molar-refractivity contribution >= 4 is 11.7 Å². The van der Waals surface area contributed by atoms with E-state index in [0.717, 1.165) is 38.9 Å². The van der Waals surface area contributed by atoms with Gasteiger partial charge in [0.1, 0.15) is 0 Å². The highest BCUT2D eigenvalue weighted by Gasteiger charge is 2.25. The number of ketones is 1. The maximum atomic E-state index is 12.7. The molecule has 1 N–H and O–H groups in total. The average molecular weight is 288 g/mol. The highest BCUT2D eigenvalue weighted by molar-refractivity contribution is 5.97. The van der Waals surface area contributed by atoms with Crippen molar-refractivity contribution in [3.8, 4) is 0 Å². The van der Waals surface area contributed by atoms with Gasteiger partial charge in [0.05, 0.1) is 0 Å². The van der Waals surface area contributed by atoms with E-state index in [1.807, 2.05) is 4.90 Å². The maximum absolute atomic E-state index is 12.7. The second-order valence-corrected chi connectivity index (χ2v) is 5.61. The fraction of sp³-hybridized carbons (Fsp3) is 0.529. The summed E-state index contributed by atoms with van der Waals surface area (Å²) in [6, 6.07) is 7.33. The van der Waals surface area contributed by atoms with Crippen LogP contribution >= 0.6 is 0 Å². The minimum atomic E-state index is 0.0257. The normalized spacial score (nSPS) is 15.7. The molecule has 1 saturated heterocycles. The van der Waals surface area contributed by atoms with Crippen LogP contribution in [-0.4, -0.2) is 42.3 Å². The second-order valence-electron chi connectivity index (χ2n) is 5.61.